The lowest BCUT2D eigenvalue weighted by Crippen LogP contribution is -2.18. The summed E-state index contributed by atoms with van der Waals surface area (Å²) in [6, 6.07) is 6.10. The fourth-order valence-electron chi connectivity index (χ4n) is 3.46. The van der Waals surface area contributed by atoms with Crippen molar-refractivity contribution in [1.29, 1.82) is 0 Å². The third-order valence-corrected chi connectivity index (χ3v) is 5.17. The van der Waals surface area contributed by atoms with Gasteiger partial charge in [0.2, 0.25) is 0 Å². The van der Waals surface area contributed by atoms with Crippen molar-refractivity contribution in [3.8, 4) is 11.1 Å². The molecule has 3 aromatic rings. The second kappa shape index (κ2) is 7.41. The number of hydrogen-bond acceptors (Lipinski definition) is 5. The van der Waals surface area contributed by atoms with E-state index in [2.05, 4.69) is 33.7 Å². The maximum atomic E-state index is 4.78. The van der Waals surface area contributed by atoms with Crippen LogP contribution in [0.4, 0.5) is 5.82 Å². The molecule has 1 atom stereocenters. The van der Waals surface area contributed by atoms with Crippen molar-refractivity contribution in [3.05, 3.63) is 42.5 Å². The van der Waals surface area contributed by atoms with Crippen molar-refractivity contribution in [3.63, 3.8) is 0 Å². The molecule has 1 aliphatic rings. The molecule has 6 heteroatoms. The smallest absolute Gasteiger partial charge is 0.165 e. The number of fused-ring (bicyclic) bond motifs is 1. The van der Waals surface area contributed by atoms with E-state index in [0.717, 1.165) is 53.7 Å². The Morgan fingerprint density at radius 1 is 1.23 bits per heavy atom. The molecule has 1 fully saturated rings. The number of nitrogens with one attached hydrogen (secondary N) is 2. The molecule has 1 aliphatic carbocycles. The van der Waals surface area contributed by atoms with Crippen LogP contribution >= 0.6 is 0 Å². The number of rotatable bonds is 8. The van der Waals surface area contributed by atoms with Gasteiger partial charge >= 0.3 is 0 Å². The Morgan fingerprint density at radius 2 is 2.12 bits per heavy atom. The van der Waals surface area contributed by atoms with Gasteiger partial charge in [0, 0.05) is 42.3 Å². The molecule has 4 rings (SSSR count). The summed E-state index contributed by atoms with van der Waals surface area (Å²) in [5.74, 6) is 2.42. The van der Waals surface area contributed by atoms with Crippen LogP contribution in [0.2, 0.25) is 0 Å². The minimum atomic E-state index is 0.678. The zero-order valence-corrected chi connectivity index (χ0v) is 15.4. The highest BCUT2D eigenvalue weighted by atomic mass is 15.2. The Labute approximate surface area is 154 Å². The van der Waals surface area contributed by atoms with Gasteiger partial charge in [-0.2, -0.15) is 5.10 Å². The lowest BCUT2D eigenvalue weighted by Gasteiger charge is -2.12. The van der Waals surface area contributed by atoms with Crippen molar-refractivity contribution in [2.75, 3.05) is 25.5 Å². The molecule has 1 saturated carbocycles. The topological polar surface area (TPSA) is 67.1 Å². The molecular formula is C20H26N6. The van der Waals surface area contributed by atoms with Crippen LogP contribution in [-0.2, 0) is 6.42 Å². The standard InChI is InChI=1S/C20H26N6/c1-14(15-5-6-15)12-18-16(4-3-8-22-18)17-13-24-26-11-7-19(25-20(17)26)23-10-9-21-2/h3-4,7-8,11,13-15,21H,5-6,9-10,12H2,1-2H3,(H,23,25). The summed E-state index contributed by atoms with van der Waals surface area (Å²) < 4.78 is 1.83. The van der Waals surface area contributed by atoms with Gasteiger partial charge in [-0.15, -0.1) is 0 Å². The van der Waals surface area contributed by atoms with Gasteiger partial charge in [-0.25, -0.2) is 9.50 Å². The number of anilines is 1. The molecule has 136 valence electrons. The van der Waals surface area contributed by atoms with Crippen LogP contribution in [0.1, 0.15) is 25.5 Å². The van der Waals surface area contributed by atoms with E-state index in [4.69, 9.17) is 4.98 Å². The highest BCUT2D eigenvalue weighted by molar-refractivity contribution is 5.79. The molecule has 1 unspecified atom stereocenters. The van der Waals surface area contributed by atoms with Crippen LogP contribution in [0.25, 0.3) is 16.8 Å². The second-order valence-corrected chi connectivity index (χ2v) is 7.19. The van der Waals surface area contributed by atoms with Gasteiger partial charge in [-0.1, -0.05) is 13.0 Å². The Kier molecular flexibility index (Phi) is 4.84. The lowest BCUT2D eigenvalue weighted by molar-refractivity contribution is 0.501. The molecule has 6 nitrogen and oxygen atoms in total. The first-order valence-electron chi connectivity index (χ1n) is 9.43. The molecule has 0 bridgehead atoms. The molecule has 3 heterocycles. The predicted molar refractivity (Wildman–Crippen MR) is 104 cm³/mol. The third-order valence-electron chi connectivity index (χ3n) is 5.17. The van der Waals surface area contributed by atoms with E-state index in [0.29, 0.717) is 5.92 Å². The average molecular weight is 350 g/mol. The molecule has 0 aliphatic heterocycles. The number of nitrogens with zero attached hydrogens (tertiary/aromatic N) is 4. The van der Waals surface area contributed by atoms with E-state index in [1.807, 2.05) is 42.3 Å². The summed E-state index contributed by atoms with van der Waals surface area (Å²) in [6.45, 7) is 4.07. The van der Waals surface area contributed by atoms with E-state index in [9.17, 15) is 0 Å². The Morgan fingerprint density at radius 3 is 2.92 bits per heavy atom. The SMILES string of the molecule is CNCCNc1ccn2ncc(-c3cccnc3CC(C)C3CC3)c2n1. The number of likely N-dealkylation sites (N-methyl/N-ethyl adjacent to an activating group) is 1. The Balaban J connectivity index is 1.66. The second-order valence-electron chi connectivity index (χ2n) is 7.19. The molecule has 0 saturated heterocycles. The fraction of sp³-hybridized carbons (Fsp3) is 0.450. The first kappa shape index (κ1) is 17.0. The zero-order valence-electron chi connectivity index (χ0n) is 15.4. The molecule has 0 amide bonds. The molecule has 26 heavy (non-hydrogen) atoms. The molecule has 0 spiro atoms. The van der Waals surface area contributed by atoms with Gasteiger partial charge < -0.3 is 10.6 Å². The summed E-state index contributed by atoms with van der Waals surface area (Å²) in [6.07, 6.45) is 9.49. The largest absolute Gasteiger partial charge is 0.369 e. The molecular weight excluding hydrogens is 324 g/mol. The highest BCUT2D eigenvalue weighted by Crippen LogP contribution is 2.39. The van der Waals surface area contributed by atoms with Crippen LogP contribution in [-0.4, -0.2) is 39.7 Å². The van der Waals surface area contributed by atoms with Crippen LogP contribution in [0.15, 0.2) is 36.8 Å². The maximum Gasteiger partial charge on any atom is 0.165 e. The third kappa shape index (κ3) is 3.55. The summed E-state index contributed by atoms with van der Waals surface area (Å²) in [4.78, 5) is 9.47. The van der Waals surface area contributed by atoms with Gasteiger partial charge in [-0.3, -0.25) is 4.98 Å². The maximum absolute atomic E-state index is 4.78. The van der Waals surface area contributed by atoms with Crippen LogP contribution in [0, 0.1) is 11.8 Å². The van der Waals surface area contributed by atoms with Gasteiger partial charge in [-0.05, 0) is 50.3 Å². The summed E-state index contributed by atoms with van der Waals surface area (Å²) >= 11 is 0. The number of hydrogen-bond donors (Lipinski definition) is 2. The van der Waals surface area contributed by atoms with Crippen molar-refractivity contribution in [1.82, 2.24) is 24.9 Å². The average Bonchev–Trinajstić information content (AvgIpc) is 3.43. The Bertz CT molecular complexity index is 883. The van der Waals surface area contributed by atoms with Crippen LogP contribution in [0.3, 0.4) is 0 Å². The van der Waals surface area contributed by atoms with Crippen molar-refractivity contribution in [2.24, 2.45) is 11.8 Å². The molecule has 3 aromatic heterocycles. The van der Waals surface area contributed by atoms with E-state index < -0.39 is 0 Å². The van der Waals surface area contributed by atoms with Crippen LogP contribution in [0.5, 0.6) is 0 Å². The van der Waals surface area contributed by atoms with Gasteiger partial charge in [0.05, 0.1) is 6.20 Å². The van der Waals surface area contributed by atoms with Crippen LogP contribution < -0.4 is 10.6 Å². The zero-order chi connectivity index (χ0) is 17.9. The van der Waals surface area contributed by atoms with E-state index >= 15 is 0 Å². The van der Waals surface area contributed by atoms with Gasteiger partial charge in [0.25, 0.3) is 0 Å². The normalized spacial score (nSPS) is 15.3. The highest BCUT2D eigenvalue weighted by Gasteiger charge is 2.29. The summed E-state index contributed by atoms with van der Waals surface area (Å²) in [5.41, 5.74) is 4.22. The van der Waals surface area contributed by atoms with Gasteiger partial charge in [0.1, 0.15) is 5.82 Å². The monoisotopic (exact) mass is 350 g/mol. The number of aromatic nitrogens is 4. The first-order chi connectivity index (χ1) is 12.8. The molecule has 0 aromatic carbocycles. The van der Waals surface area contributed by atoms with Crippen molar-refractivity contribution in [2.45, 2.75) is 26.2 Å². The van der Waals surface area contributed by atoms with E-state index in [1.54, 1.807) is 0 Å². The molecule has 2 N–H and O–H groups in total. The molecule has 0 radical (unpaired) electrons. The van der Waals surface area contributed by atoms with E-state index in [1.165, 1.54) is 12.8 Å². The predicted octanol–water partition coefficient (Wildman–Crippen LogP) is 3.01. The lowest BCUT2D eigenvalue weighted by atomic mass is 9.95. The number of pyridine rings is 1. The van der Waals surface area contributed by atoms with Crippen molar-refractivity contribution >= 4 is 11.5 Å². The van der Waals surface area contributed by atoms with Gasteiger partial charge in [0.15, 0.2) is 5.65 Å². The Hall–Kier alpha value is -2.47. The van der Waals surface area contributed by atoms with E-state index in [-0.39, 0.29) is 0 Å². The fourth-order valence-corrected chi connectivity index (χ4v) is 3.46. The minimum Gasteiger partial charge on any atom is -0.369 e. The first-order valence-corrected chi connectivity index (χ1v) is 9.43. The summed E-state index contributed by atoms with van der Waals surface area (Å²) in [5, 5.41) is 11.0. The summed E-state index contributed by atoms with van der Waals surface area (Å²) in [7, 11) is 1.94. The minimum absolute atomic E-state index is 0.678. The van der Waals surface area contributed by atoms with Crippen molar-refractivity contribution < 1.29 is 0 Å². The quantitative estimate of drug-likeness (QED) is 0.611.